The van der Waals surface area contributed by atoms with Gasteiger partial charge in [0.15, 0.2) is 5.65 Å². The number of nitrogens with zero attached hydrogens (tertiary/aromatic N) is 4. The van der Waals surface area contributed by atoms with E-state index >= 15 is 0 Å². The highest BCUT2D eigenvalue weighted by Gasteiger charge is 2.32. The Morgan fingerprint density at radius 2 is 1.94 bits per heavy atom. The number of aromatic nitrogens is 4. The van der Waals surface area contributed by atoms with Crippen LogP contribution in [0.2, 0.25) is 0 Å². The fourth-order valence-electron chi connectivity index (χ4n) is 5.36. The molecular formula is C27H39N7O2. The molecule has 194 valence electrons. The van der Waals surface area contributed by atoms with Crippen LogP contribution >= 0.6 is 0 Å². The van der Waals surface area contributed by atoms with Crippen LogP contribution < -0.4 is 20.7 Å². The summed E-state index contributed by atoms with van der Waals surface area (Å²) >= 11 is 0. The molecule has 9 nitrogen and oxygen atoms in total. The Labute approximate surface area is 213 Å². The van der Waals surface area contributed by atoms with Crippen molar-refractivity contribution < 1.29 is 9.47 Å². The first-order valence-electron chi connectivity index (χ1n) is 13.2. The molecule has 3 N–H and O–H groups in total. The van der Waals surface area contributed by atoms with Gasteiger partial charge in [0.05, 0.1) is 12.3 Å². The van der Waals surface area contributed by atoms with Crippen molar-refractivity contribution in [3.63, 3.8) is 0 Å². The minimum Gasteiger partial charge on any atom is -0.491 e. The van der Waals surface area contributed by atoms with E-state index in [-0.39, 0.29) is 11.5 Å². The Morgan fingerprint density at radius 3 is 2.75 bits per heavy atom. The van der Waals surface area contributed by atoms with Crippen LogP contribution in [0, 0.1) is 5.41 Å². The molecule has 1 atom stereocenters. The fourth-order valence-corrected chi connectivity index (χ4v) is 5.36. The smallest absolute Gasteiger partial charge is 0.229 e. The maximum atomic E-state index is 6.26. The summed E-state index contributed by atoms with van der Waals surface area (Å²) in [6, 6.07) is 8.13. The van der Waals surface area contributed by atoms with E-state index in [1.165, 1.54) is 0 Å². The van der Waals surface area contributed by atoms with Gasteiger partial charge in [0.25, 0.3) is 0 Å². The average Bonchev–Trinajstić information content (AvgIpc) is 3.33. The van der Waals surface area contributed by atoms with Gasteiger partial charge in [0.2, 0.25) is 11.9 Å². The second-order valence-electron chi connectivity index (χ2n) is 10.5. The first-order chi connectivity index (χ1) is 17.6. The number of fused-ring (bicyclic) bond motifs is 5. The third-order valence-corrected chi connectivity index (χ3v) is 7.70. The van der Waals surface area contributed by atoms with E-state index in [0.717, 1.165) is 74.3 Å². The third-order valence-electron chi connectivity index (χ3n) is 7.70. The van der Waals surface area contributed by atoms with Gasteiger partial charge in [0.1, 0.15) is 12.4 Å². The van der Waals surface area contributed by atoms with Crippen LogP contribution in [0.5, 0.6) is 5.75 Å². The highest BCUT2D eigenvalue weighted by molar-refractivity contribution is 5.56. The number of methoxy groups -OCH3 is 1. The molecule has 0 aliphatic carbocycles. The van der Waals surface area contributed by atoms with Crippen LogP contribution in [0.4, 0.5) is 11.9 Å². The molecule has 1 spiro atoms. The predicted octanol–water partition coefficient (Wildman–Crippen LogP) is 4.22. The molecule has 1 fully saturated rings. The standard InChI is InChI=1S/C27H39N7O2/c1-19(2)22-16-31-34-24(22)32-25-30-18-27(11-13-28-14-12-27)10-6-8-21(35-3)17-36-23-9-5-4-7-20(23)15-29-26(34)33-25/h4-5,7,9,16,19,21,28H,6,8,10-15,17-18H2,1-3H3,(H2,29,30,32,33). The summed E-state index contributed by atoms with van der Waals surface area (Å²) < 4.78 is 13.9. The van der Waals surface area contributed by atoms with E-state index in [1.54, 1.807) is 7.11 Å². The maximum absolute atomic E-state index is 6.26. The molecule has 0 saturated carbocycles. The molecule has 2 bridgehead atoms. The second kappa shape index (κ2) is 11.0. The van der Waals surface area contributed by atoms with Crippen LogP contribution in [0.15, 0.2) is 30.5 Å². The van der Waals surface area contributed by atoms with Gasteiger partial charge in [-0.15, -0.1) is 0 Å². The van der Waals surface area contributed by atoms with Crippen LogP contribution in [0.1, 0.15) is 63.0 Å². The van der Waals surface area contributed by atoms with E-state index in [4.69, 9.17) is 19.4 Å². The van der Waals surface area contributed by atoms with Crippen LogP contribution in [-0.4, -0.2) is 59.0 Å². The molecule has 0 amide bonds. The molecule has 1 saturated heterocycles. The lowest BCUT2D eigenvalue weighted by Gasteiger charge is -2.38. The lowest BCUT2D eigenvalue weighted by atomic mass is 9.74. The molecule has 1 aromatic carbocycles. The molecule has 3 aromatic rings. The first kappa shape index (κ1) is 24.8. The summed E-state index contributed by atoms with van der Waals surface area (Å²) in [4.78, 5) is 9.79. The fraction of sp³-hybridized carbons (Fsp3) is 0.593. The Hall–Kier alpha value is -2.91. The van der Waals surface area contributed by atoms with E-state index < -0.39 is 0 Å². The van der Waals surface area contributed by atoms with Gasteiger partial charge in [-0.2, -0.15) is 19.6 Å². The molecule has 4 heterocycles. The van der Waals surface area contributed by atoms with Gasteiger partial charge in [-0.3, -0.25) is 0 Å². The van der Waals surface area contributed by atoms with Crippen molar-refractivity contribution in [3.05, 3.63) is 41.6 Å². The highest BCUT2D eigenvalue weighted by atomic mass is 16.5. The Kier molecular flexibility index (Phi) is 7.57. The largest absolute Gasteiger partial charge is 0.491 e. The Balaban J connectivity index is 1.51. The average molecular weight is 494 g/mol. The summed E-state index contributed by atoms with van der Waals surface area (Å²) in [5, 5.41) is 15.3. The van der Waals surface area contributed by atoms with Gasteiger partial charge in [-0.25, -0.2) is 0 Å². The topological polar surface area (TPSA) is 97.6 Å². The predicted molar refractivity (Wildman–Crippen MR) is 142 cm³/mol. The number of nitrogens with one attached hydrogen (secondary N) is 3. The zero-order valence-electron chi connectivity index (χ0n) is 21.7. The lowest BCUT2D eigenvalue weighted by molar-refractivity contribution is 0.0462. The number of para-hydroxylation sites is 1. The number of hydrogen-bond donors (Lipinski definition) is 3. The van der Waals surface area contributed by atoms with E-state index in [2.05, 4.69) is 41.0 Å². The maximum Gasteiger partial charge on any atom is 0.229 e. The lowest BCUT2D eigenvalue weighted by Crippen LogP contribution is -2.41. The number of rotatable bonds is 2. The van der Waals surface area contributed by atoms with Crippen LogP contribution in [0.3, 0.4) is 0 Å². The van der Waals surface area contributed by atoms with Crippen molar-refractivity contribution >= 4 is 17.5 Å². The highest BCUT2D eigenvalue weighted by Crippen LogP contribution is 2.35. The normalized spacial score (nSPS) is 20.9. The quantitative estimate of drug-likeness (QED) is 0.488. The van der Waals surface area contributed by atoms with Crippen molar-refractivity contribution in [2.45, 2.75) is 64.5 Å². The number of benzene rings is 1. The summed E-state index contributed by atoms with van der Waals surface area (Å²) in [6.45, 7) is 8.38. The molecule has 0 radical (unpaired) electrons. The SMILES string of the molecule is COC1CCCC2(CCNCC2)CNc2nc(n3ncc(C(C)C)c3n2)NCc2ccccc2OC1. The Bertz CT molecular complexity index is 1160. The molecule has 2 aliphatic heterocycles. The Morgan fingerprint density at radius 1 is 1.11 bits per heavy atom. The van der Waals surface area contributed by atoms with E-state index in [9.17, 15) is 0 Å². The minimum atomic E-state index is 0.0693. The molecule has 2 aromatic heterocycles. The molecule has 2 aliphatic rings. The molecule has 5 rings (SSSR count). The molecule has 36 heavy (non-hydrogen) atoms. The monoisotopic (exact) mass is 493 g/mol. The third kappa shape index (κ3) is 5.42. The summed E-state index contributed by atoms with van der Waals surface area (Å²) in [5.74, 6) is 2.50. The van der Waals surface area contributed by atoms with Gasteiger partial charge in [-0.1, -0.05) is 38.5 Å². The number of hydrogen-bond acceptors (Lipinski definition) is 8. The van der Waals surface area contributed by atoms with Crippen molar-refractivity contribution in [3.8, 4) is 5.75 Å². The van der Waals surface area contributed by atoms with E-state index in [0.29, 0.717) is 31.0 Å². The van der Waals surface area contributed by atoms with Crippen LogP contribution in [-0.2, 0) is 11.3 Å². The molecular weight excluding hydrogens is 454 g/mol. The summed E-state index contributed by atoms with van der Waals surface area (Å²) in [7, 11) is 1.78. The van der Waals surface area contributed by atoms with Gasteiger partial charge >= 0.3 is 0 Å². The zero-order chi connectivity index (χ0) is 25.0. The zero-order valence-corrected chi connectivity index (χ0v) is 21.7. The number of anilines is 2. The first-order valence-corrected chi connectivity index (χ1v) is 13.2. The van der Waals surface area contributed by atoms with Gasteiger partial charge in [0, 0.05) is 31.3 Å². The number of piperidine rings is 1. The second-order valence-corrected chi connectivity index (χ2v) is 10.5. The number of ether oxygens (including phenoxy) is 2. The van der Waals surface area contributed by atoms with Crippen molar-refractivity contribution in [2.75, 3.05) is 44.0 Å². The van der Waals surface area contributed by atoms with Crippen LogP contribution in [0.25, 0.3) is 5.65 Å². The van der Waals surface area contributed by atoms with E-state index in [1.807, 2.05) is 28.9 Å². The van der Waals surface area contributed by atoms with Crippen molar-refractivity contribution in [1.82, 2.24) is 24.9 Å². The van der Waals surface area contributed by atoms with Crippen molar-refractivity contribution in [1.29, 1.82) is 0 Å². The molecule has 1 unspecified atom stereocenters. The van der Waals surface area contributed by atoms with Crippen molar-refractivity contribution in [2.24, 2.45) is 5.41 Å². The summed E-state index contributed by atoms with van der Waals surface area (Å²) in [5.41, 5.74) is 3.23. The minimum absolute atomic E-state index is 0.0693. The molecule has 9 heteroatoms. The van der Waals surface area contributed by atoms with Gasteiger partial charge < -0.3 is 25.4 Å². The van der Waals surface area contributed by atoms with Gasteiger partial charge in [-0.05, 0) is 56.2 Å². The summed E-state index contributed by atoms with van der Waals surface area (Å²) in [6.07, 6.45) is 7.46.